The Kier molecular flexibility index (Phi) is 6.56. The van der Waals surface area contributed by atoms with E-state index in [1.54, 1.807) is 4.90 Å². The van der Waals surface area contributed by atoms with E-state index in [0.717, 1.165) is 56.1 Å². The number of amides is 2. The molecule has 0 radical (unpaired) electrons. The van der Waals surface area contributed by atoms with Gasteiger partial charge in [-0.25, -0.2) is 0 Å². The molecule has 0 aliphatic carbocycles. The number of likely N-dealkylation sites (N-methyl/N-ethyl adjacent to an activating group) is 1. The first-order chi connectivity index (χ1) is 15.0. The summed E-state index contributed by atoms with van der Waals surface area (Å²) < 4.78 is 0. The van der Waals surface area contributed by atoms with E-state index in [9.17, 15) is 9.59 Å². The molecule has 2 aromatic rings. The third kappa shape index (κ3) is 4.90. The van der Waals surface area contributed by atoms with E-state index in [1.807, 2.05) is 30.3 Å². The lowest BCUT2D eigenvalue weighted by Crippen LogP contribution is -2.44. The molecule has 1 atom stereocenters. The van der Waals surface area contributed by atoms with Crippen molar-refractivity contribution in [1.82, 2.24) is 4.90 Å². The van der Waals surface area contributed by atoms with Crippen molar-refractivity contribution in [2.24, 2.45) is 5.92 Å². The molecule has 6 heteroatoms. The highest BCUT2D eigenvalue weighted by atomic mass is 16.2. The molecule has 4 rings (SSSR count). The van der Waals surface area contributed by atoms with E-state index in [4.69, 9.17) is 0 Å². The number of hydrogen-bond acceptors (Lipinski definition) is 4. The zero-order chi connectivity index (χ0) is 21.8. The number of hydrogen-bond donors (Lipinski definition) is 1. The summed E-state index contributed by atoms with van der Waals surface area (Å²) in [4.78, 5) is 32.0. The number of piperazine rings is 1. The van der Waals surface area contributed by atoms with Crippen LogP contribution in [0.1, 0.15) is 25.3 Å². The number of rotatable bonds is 6. The smallest absolute Gasteiger partial charge is 0.229 e. The van der Waals surface area contributed by atoms with Crippen LogP contribution in [-0.4, -0.2) is 56.5 Å². The average Bonchev–Trinajstić information content (AvgIpc) is 3.17. The predicted molar refractivity (Wildman–Crippen MR) is 126 cm³/mol. The summed E-state index contributed by atoms with van der Waals surface area (Å²) in [5.41, 5.74) is 4.02. The third-order valence-electron chi connectivity index (χ3n) is 6.29. The van der Waals surface area contributed by atoms with E-state index < -0.39 is 0 Å². The highest BCUT2D eigenvalue weighted by Gasteiger charge is 2.35. The maximum Gasteiger partial charge on any atom is 0.229 e. The quantitative estimate of drug-likeness (QED) is 0.778. The van der Waals surface area contributed by atoms with Gasteiger partial charge in [0.2, 0.25) is 11.8 Å². The van der Waals surface area contributed by atoms with E-state index in [-0.39, 0.29) is 24.2 Å². The van der Waals surface area contributed by atoms with Gasteiger partial charge in [0, 0.05) is 44.8 Å². The molecule has 0 bridgehead atoms. The van der Waals surface area contributed by atoms with E-state index in [1.165, 1.54) is 5.56 Å². The fraction of sp³-hybridized carbons (Fsp3) is 0.440. The molecule has 2 saturated heterocycles. The summed E-state index contributed by atoms with van der Waals surface area (Å²) in [6.45, 7) is 6.47. The first-order valence-electron chi connectivity index (χ1n) is 11.3. The normalized spacial score (nSPS) is 19.7. The lowest BCUT2D eigenvalue weighted by molar-refractivity contribution is -0.122. The van der Waals surface area contributed by atoms with Crippen molar-refractivity contribution in [1.29, 1.82) is 0 Å². The van der Waals surface area contributed by atoms with Gasteiger partial charge in [-0.1, -0.05) is 37.6 Å². The number of benzene rings is 2. The molecule has 0 aromatic heterocycles. The molecule has 2 fully saturated rings. The zero-order valence-corrected chi connectivity index (χ0v) is 18.5. The van der Waals surface area contributed by atoms with Gasteiger partial charge in [-0.15, -0.1) is 0 Å². The Hall–Kier alpha value is -2.86. The van der Waals surface area contributed by atoms with Crippen molar-refractivity contribution >= 4 is 28.9 Å². The summed E-state index contributed by atoms with van der Waals surface area (Å²) in [5, 5.41) is 3.11. The largest absolute Gasteiger partial charge is 0.367 e. The van der Waals surface area contributed by atoms with Crippen molar-refractivity contribution in [2.75, 3.05) is 54.9 Å². The molecular weight excluding hydrogens is 388 g/mol. The Balaban J connectivity index is 1.42. The van der Waals surface area contributed by atoms with Crippen LogP contribution in [0.25, 0.3) is 0 Å². The average molecular weight is 421 g/mol. The summed E-state index contributed by atoms with van der Waals surface area (Å²) in [5.74, 6) is -0.417. The minimum absolute atomic E-state index is 0.00995. The molecule has 2 aromatic carbocycles. The number of carbonyl (C=O) groups is 2. The molecule has 2 amide bonds. The second-order valence-electron chi connectivity index (χ2n) is 8.62. The molecule has 1 N–H and O–H groups in total. The number of para-hydroxylation sites is 2. The van der Waals surface area contributed by atoms with Crippen LogP contribution < -0.4 is 15.1 Å². The van der Waals surface area contributed by atoms with Crippen LogP contribution >= 0.6 is 0 Å². The number of anilines is 3. The van der Waals surface area contributed by atoms with Gasteiger partial charge in [-0.05, 0) is 43.3 Å². The standard InChI is InChI=1S/C25H32N4O2/c1-3-6-19-9-11-21(12-10-19)29-18-20(17-24(29)30)25(31)26-22-7-4-5-8-23(22)28-15-13-27(2)14-16-28/h4-5,7-12,20H,3,6,13-18H2,1-2H3,(H,26,31). The maximum absolute atomic E-state index is 13.0. The Morgan fingerprint density at radius 2 is 1.74 bits per heavy atom. The topological polar surface area (TPSA) is 55.9 Å². The fourth-order valence-electron chi connectivity index (χ4n) is 4.40. The molecule has 164 valence electrons. The second kappa shape index (κ2) is 9.52. The van der Waals surface area contributed by atoms with Gasteiger partial charge in [0.1, 0.15) is 0 Å². The third-order valence-corrected chi connectivity index (χ3v) is 6.29. The lowest BCUT2D eigenvalue weighted by Gasteiger charge is -2.35. The Bertz CT molecular complexity index is 919. The second-order valence-corrected chi connectivity index (χ2v) is 8.62. The van der Waals surface area contributed by atoms with Crippen molar-refractivity contribution in [3.05, 3.63) is 54.1 Å². The summed E-state index contributed by atoms with van der Waals surface area (Å²) >= 11 is 0. The highest BCUT2D eigenvalue weighted by molar-refractivity contribution is 6.04. The molecular formula is C25H32N4O2. The van der Waals surface area contributed by atoms with Gasteiger partial charge < -0.3 is 20.0 Å². The summed E-state index contributed by atoms with van der Waals surface area (Å²) in [6.07, 6.45) is 2.38. The lowest BCUT2D eigenvalue weighted by atomic mass is 10.1. The fourth-order valence-corrected chi connectivity index (χ4v) is 4.40. The van der Waals surface area contributed by atoms with Gasteiger partial charge in [-0.3, -0.25) is 9.59 Å². The van der Waals surface area contributed by atoms with Gasteiger partial charge >= 0.3 is 0 Å². The molecule has 0 spiro atoms. The minimum atomic E-state index is -0.344. The van der Waals surface area contributed by atoms with E-state index in [0.29, 0.717) is 6.54 Å². The van der Waals surface area contributed by atoms with Crippen LogP contribution in [0.2, 0.25) is 0 Å². The van der Waals surface area contributed by atoms with E-state index >= 15 is 0 Å². The first kappa shape index (κ1) is 21.4. The Morgan fingerprint density at radius 1 is 1.03 bits per heavy atom. The molecule has 2 aliphatic heterocycles. The first-order valence-corrected chi connectivity index (χ1v) is 11.3. The number of aryl methyl sites for hydroxylation is 1. The van der Waals surface area contributed by atoms with Crippen LogP contribution in [0.3, 0.4) is 0 Å². The molecule has 1 unspecified atom stereocenters. The van der Waals surface area contributed by atoms with Crippen LogP contribution in [0, 0.1) is 5.92 Å². The zero-order valence-electron chi connectivity index (χ0n) is 18.5. The van der Waals surface area contributed by atoms with Crippen molar-refractivity contribution < 1.29 is 9.59 Å². The SMILES string of the molecule is CCCc1ccc(N2CC(C(=O)Nc3ccccc3N3CCN(C)CC3)CC2=O)cc1. The van der Waals surface area contributed by atoms with Gasteiger partial charge in [-0.2, -0.15) is 0 Å². The molecule has 0 saturated carbocycles. The summed E-state index contributed by atoms with van der Waals surface area (Å²) in [6, 6.07) is 16.1. The van der Waals surface area contributed by atoms with Crippen LogP contribution in [0.4, 0.5) is 17.1 Å². The predicted octanol–water partition coefficient (Wildman–Crippen LogP) is 3.38. The van der Waals surface area contributed by atoms with Crippen molar-refractivity contribution in [2.45, 2.75) is 26.2 Å². The molecule has 6 nitrogen and oxygen atoms in total. The number of nitrogens with zero attached hydrogens (tertiary/aromatic N) is 3. The van der Waals surface area contributed by atoms with Crippen molar-refractivity contribution in [3.8, 4) is 0 Å². The Labute approximate surface area is 184 Å². The van der Waals surface area contributed by atoms with Crippen LogP contribution in [0.5, 0.6) is 0 Å². The van der Waals surface area contributed by atoms with E-state index in [2.05, 4.69) is 47.3 Å². The molecule has 2 aliphatic rings. The number of carbonyl (C=O) groups excluding carboxylic acids is 2. The minimum Gasteiger partial charge on any atom is -0.367 e. The Morgan fingerprint density at radius 3 is 2.45 bits per heavy atom. The van der Waals surface area contributed by atoms with Crippen LogP contribution in [-0.2, 0) is 16.0 Å². The monoisotopic (exact) mass is 420 g/mol. The van der Waals surface area contributed by atoms with Crippen molar-refractivity contribution in [3.63, 3.8) is 0 Å². The number of nitrogens with one attached hydrogen (secondary N) is 1. The van der Waals surface area contributed by atoms with Gasteiger partial charge in [0.15, 0.2) is 0 Å². The highest BCUT2D eigenvalue weighted by Crippen LogP contribution is 2.30. The summed E-state index contributed by atoms with van der Waals surface area (Å²) in [7, 11) is 2.13. The molecule has 31 heavy (non-hydrogen) atoms. The maximum atomic E-state index is 13.0. The van der Waals surface area contributed by atoms with Crippen LogP contribution in [0.15, 0.2) is 48.5 Å². The molecule has 2 heterocycles. The van der Waals surface area contributed by atoms with Gasteiger partial charge in [0.25, 0.3) is 0 Å². The van der Waals surface area contributed by atoms with Gasteiger partial charge in [0.05, 0.1) is 17.3 Å².